The molecule has 2 atom stereocenters. The lowest BCUT2D eigenvalue weighted by atomic mass is 9.98. The number of aliphatic hydroxyl groups is 1. The summed E-state index contributed by atoms with van der Waals surface area (Å²) in [7, 11) is 0. The van der Waals surface area contributed by atoms with Gasteiger partial charge in [0.05, 0.1) is 6.61 Å². The zero-order chi connectivity index (χ0) is 28.5. The lowest BCUT2D eigenvalue weighted by molar-refractivity contribution is -0.143. The van der Waals surface area contributed by atoms with Crippen molar-refractivity contribution in [2.45, 2.75) is 84.5 Å². The molecule has 2 unspecified atom stereocenters. The van der Waals surface area contributed by atoms with Crippen LogP contribution in [-0.2, 0) is 27.2 Å². The average molecular weight is 526 g/mol. The third kappa shape index (κ3) is 9.82. The number of benzene rings is 2. The number of amides is 3. The van der Waals surface area contributed by atoms with Crippen molar-refractivity contribution >= 4 is 17.9 Å². The maximum Gasteiger partial charge on any atom is 0.408 e. The normalized spacial score (nSPS) is 13.3. The molecule has 2 aromatic carbocycles. The molecule has 2 aromatic rings. The first-order valence-electron chi connectivity index (χ1n) is 13.1. The second kappa shape index (κ2) is 13.4. The zero-order valence-corrected chi connectivity index (χ0v) is 23.7. The Bertz CT molecular complexity index is 1060. The van der Waals surface area contributed by atoms with E-state index in [1.54, 1.807) is 20.8 Å². The summed E-state index contributed by atoms with van der Waals surface area (Å²) < 4.78 is 5.43. The number of nitrogens with zero attached hydrogens (tertiary/aromatic N) is 1. The molecule has 38 heavy (non-hydrogen) atoms. The van der Waals surface area contributed by atoms with E-state index in [4.69, 9.17) is 4.74 Å². The van der Waals surface area contributed by atoms with E-state index in [0.717, 1.165) is 17.5 Å². The van der Waals surface area contributed by atoms with Crippen LogP contribution < -0.4 is 10.6 Å². The van der Waals surface area contributed by atoms with Gasteiger partial charge >= 0.3 is 6.09 Å². The summed E-state index contributed by atoms with van der Waals surface area (Å²) in [5, 5.41) is 15.6. The van der Waals surface area contributed by atoms with E-state index in [9.17, 15) is 19.5 Å². The van der Waals surface area contributed by atoms with Crippen molar-refractivity contribution in [3.8, 4) is 0 Å². The van der Waals surface area contributed by atoms with Crippen molar-refractivity contribution < 1.29 is 24.2 Å². The maximum atomic E-state index is 14.1. The molecule has 3 amide bonds. The highest BCUT2D eigenvalue weighted by Gasteiger charge is 2.37. The van der Waals surface area contributed by atoms with Gasteiger partial charge in [-0.3, -0.25) is 9.59 Å². The van der Waals surface area contributed by atoms with Crippen LogP contribution in [0.15, 0.2) is 54.6 Å². The molecule has 0 aromatic heterocycles. The predicted molar refractivity (Wildman–Crippen MR) is 149 cm³/mol. The second-order valence-corrected chi connectivity index (χ2v) is 11.4. The van der Waals surface area contributed by atoms with Crippen LogP contribution in [0.2, 0.25) is 0 Å². The molecule has 8 heteroatoms. The number of ether oxygens (including phenoxy) is 1. The van der Waals surface area contributed by atoms with Gasteiger partial charge in [-0.25, -0.2) is 4.79 Å². The zero-order valence-electron chi connectivity index (χ0n) is 23.7. The van der Waals surface area contributed by atoms with Crippen LogP contribution in [0.4, 0.5) is 4.79 Å². The van der Waals surface area contributed by atoms with Gasteiger partial charge in [-0.1, -0.05) is 61.5 Å². The molecular formula is C30H43N3O5. The SMILES string of the molecule is CCc1ccc(C(C(=O)NC(C)(C)C)N(CCO)C(=O)C(Cc2ccccc2)NC(=O)OC(C)(C)C)cc1. The van der Waals surface area contributed by atoms with E-state index in [-0.39, 0.29) is 25.5 Å². The Labute approximate surface area is 226 Å². The molecule has 2 rings (SSSR count). The first kappa shape index (κ1) is 30.8. The number of carbonyl (C=O) groups excluding carboxylic acids is 3. The van der Waals surface area contributed by atoms with Crippen LogP contribution in [0.25, 0.3) is 0 Å². The molecule has 0 bridgehead atoms. The van der Waals surface area contributed by atoms with Crippen molar-refractivity contribution in [3.63, 3.8) is 0 Å². The Balaban J connectivity index is 2.53. The molecular weight excluding hydrogens is 482 g/mol. The minimum absolute atomic E-state index is 0.0993. The molecule has 0 saturated carbocycles. The summed E-state index contributed by atoms with van der Waals surface area (Å²) in [5.41, 5.74) is 1.23. The van der Waals surface area contributed by atoms with Gasteiger partial charge in [0.25, 0.3) is 0 Å². The average Bonchev–Trinajstić information content (AvgIpc) is 2.81. The first-order chi connectivity index (χ1) is 17.7. The number of alkyl carbamates (subject to hydrolysis) is 1. The largest absolute Gasteiger partial charge is 0.444 e. The highest BCUT2D eigenvalue weighted by Crippen LogP contribution is 2.25. The molecule has 8 nitrogen and oxygen atoms in total. The van der Waals surface area contributed by atoms with Crippen molar-refractivity contribution in [1.82, 2.24) is 15.5 Å². The van der Waals surface area contributed by atoms with Gasteiger partial charge in [0.2, 0.25) is 11.8 Å². The molecule has 0 aliphatic rings. The smallest absolute Gasteiger partial charge is 0.408 e. The van der Waals surface area contributed by atoms with Gasteiger partial charge in [-0.15, -0.1) is 0 Å². The molecule has 0 fully saturated rings. The molecule has 0 saturated heterocycles. The molecule has 3 N–H and O–H groups in total. The van der Waals surface area contributed by atoms with Crippen LogP contribution in [0.1, 0.15) is 71.2 Å². The summed E-state index contributed by atoms with van der Waals surface area (Å²) in [5.74, 6) is -0.873. The van der Waals surface area contributed by atoms with Gasteiger partial charge in [0, 0.05) is 18.5 Å². The second-order valence-electron chi connectivity index (χ2n) is 11.4. The van der Waals surface area contributed by atoms with Crippen molar-refractivity contribution in [2.75, 3.05) is 13.2 Å². The van der Waals surface area contributed by atoms with E-state index < -0.39 is 35.2 Å². The number of aryl methyl sites for hydroxylation is 1. The van der Waals surface area contributed by atoms with Crippen molar-refractivity contribution in [3.05, 3.63) is 71.3 Å². The van der Waals surface area contributed by atoms with E-state index in [0.29, 0.717) is 5.56 Å². The monoisotopic (exact) mass is 525 g/mol. The molecule has 208 valence electrons. The fourth-order valence-electron chi connectivity index (χ4n) is 4.02. The van der Waals surface area contributed by atoms with E-state index in [1.165, 1.54) is 4.90 Å². The van der Waals surface area contributed by atoms with Crippen LogP contribution in [0, 0.1) is 0 Å². The summed E-state index contributed by atoms with van der Waals surface area (Å²) >= 11 is 0. The molecule has 0 spiro atoms. The summed E-state index contributed by atoms with van der Waals surface area (Å²) in [6.45, 7) is 12.4. The quantitative estimate of drug-likeness (QED) is 0.432. The topological polar surface area (TPSA) is 108 Å². The highest BCUT2D eigenvalue weighted by molar-refractivity contribution is 5.92. The third-order valence-corrected chi connectivity index (χ3v) is 5.66. The standard InChI is InChI=1S/C30H43N3O5/c1-8-21-14-16-23(17-15-21)25(26(35)32-29(2,3)4)33(18-19-34)27(36)24(20-22-12-10-9-11-13-22)31-28(37)38-30(5,6)7/h9-17,24-25,34H,8,18-20H2,1-7H3,(H,31,37)(H,32,35). The Morgan fingerprint density at radius 3 is 2.03 bits per heavy atom. The van der Waals surface area contributed by atoms with Crippen LogP contribution in [0.5, 0.6) is 0 Å². The molecule has 0 heterocycles. The Kier molecular flexibility index (Phi) is 10.9. The number of hydrogen-bond acceptors (Lipinski definition) is 5. The summed E-state index contributed by atoms with van der Waals surface area (Å²) in [6, 6.07) is 14.8. The van der Waals surface area contributed by atoms with Crippen LogP contribution >= 0.6 is 0 Å². The Hall–Kier alpha value is -3.39. The Morgan fingerprint density at radius 2 is 1.53 bits per heavy atom. The van der Waals surface area contributed by atoms with Gasteiger partial charge in [-0.2, -0.15) is 0 Å². The lowest BCUT2D eigenvalue weighted by Crippen LogP contribution is -2.55. The fourth-order valence-corrected chi connectivity index (χ4v) is 4.02. The predicted octanol–water partition coefficient (Wildman–Crippen LogP) is 4.16. The molecule has 0 aliphatic carbocycles. The Morgan fingerprint density at radius 1 is 0.921 bits per heavy atom. The maximum absolute atomic E-state index is 14.1. The fraction of sp³-hybridized carbons (Fsp3) is 0.500. The van der Waals surface area contributed by atoms with E-state index in [2.05, 4.69) is 10.6 Å². The van der Waals surface area contributed by atoms with Crippen LogP contribution in [-0.4, -0.2) is 58.2 Å². The van der Waals surface area contributed by atoms with Crippen LogP contribution in [0.3, 0.4) is 0 Å². The molecule has 0 radical (unpaired) electrons. The van der Waals surface area contributed by atoms with Crippen molar-refractivity contribution in [2.24, 2.45) is 0 Å². The molecule has 0 aliphatic heterocycles. The summed E-state index contributed by atoms with van der Waals surface area (Å²) in [6.07, 6.45) is 0.277. The lowest BCUT2D eigenvalue weighted by Gasteiger charge is -2.35. The van der Waals surface area contributed by atoms with Gasteiger partial charge in [0.15, 0.2) is 0 Å². The minimum Gasteiger partial charge on any atom is -0.444 e. The third-order valence-electron chi connectivity index (χ3n) is 5.66. The number of rotatable bonds is 10. The highest BCUT2D eigenvalue weighted by atomic mass is 16.6. The number of nitrogens with one attached hydrogen (secondary N) is 2. The number of carbonyl (C=O) groups is 3. The summed E-state index contributed by atoms with van der Waals surface area (Å²) in [4.78, 5) is 41.8. The minimum atomic E-state index is -1.03. The van der Waals surface area contributed by atoms with Crippen molar-refractivity contribution in [1.29, 1.82) is 0 Å². The van der Waals surface area contributed by atoms with Gasteiger partial charge in [0.1, 0.15) is 17.7 Å². The van der Waals surface area contributed by atoms with E-state index >= 15 is 0 Å². The number of hydrogen-bond donors (Lipinski definition) is 3. The first-order valence-corrected chi connectivity index (χ1v) is 13.1. The van der Waals surface area contributed by atoms with Gasteiger partial charge in [-0.05, 0) is 64.7 Å². The van der Waals surface area contributed by atoms with E-state index in [1.807, 2.05) is 82.3 Å². The number of aliphatic hydroxyl groups excluding tert-OH is 1. The van der Waals surface area contributed by atoms with Gasteiger partial charge < -0.3 is 25.4 Å².